The molecule has 0 saturated carbocycles. The van der Waals surface area contributed by atoms with Gasteiger partial charge in [-0.25, -0.2) is 0 Å². The summed E-state index contributed by atoms with van der Waals surface area (Å²) in [4.78, 5) is 4.60. The van der Waals surface area contributed by atoms with Gasteiger partial charge in [-0.15, -0.1) is 0 Å². The van der Waals surface area contributed by atoms with Crippen molar-refractivity contribution in [3.63, 3.8) is 0 Å². The molecule has 1 heterocycles. The first kappa shape index (κ1) is 13.0. The minimum atomic E-state index is 0.148. The molecule has 0 aliphatic heterocycles. The number of benzene rings is 1. The van der Waals surface area contributed by atoms with Gasteiger partial charge in [-0.1, -0.05) is 32.0 Å². The summed E-state index contributed by atoms with van der Waals surface area (Å²) < 4.78 is 0. The molecule has 0 amide bonds. The quantitative estimate of drug-likeness (QED) is 0.892. The molecule has 2 heteroatoms. The molecule has 0 spiro atoms. The minimum absolute atomic E-state index is 0.148. The highest BCUT2D eigenvalue weighted by Gasteiger charge is 2.22. The first-order valence-electron chi connectivity index (χ1n) is 6.62. The Bertz CT molecular complexity index is 536. The molecule has 2 N–H and O–H groups in total. The molecule has 2 unspecified atom stereocenters. The Hall–Kier alpha value is -1.41. The van der Waals surface area contributed by atoms with Crippen molar-refractivity contribution >= 4 is 10.9 Å². The van der Waals surface area contributed by atoms with Crippen molar-refractivity contribution in [3.8, 4) is 0 Å². The Labute approximate surface area is 109 Å². The van der Waals surface area contributed by atoms with E-state index in [4.69, 9.17) is 5.73 Å². The number of fused-ring (bicyclic) bond motifs is 1. The fraction of sp³-hybridized carbons (Fsp3) is 0.438. The summed E-state index contributed by atoms with van der Waals surface area (Å²) in [5, 5.41) is 1.24. The fourth-order valence-corrected chi connectivity index (χ4v) is 2.87. The van der Waals surface area contributed by atoms with E-state index >= 15 is 0 Å². The molecule has 1 aromatic carbocycles. The number of aryl methyl sites for hydroxylation is 1. The summed E-state index contributed by atoms with van der Waals surface area (Å²) in [6, 6.07) is 10.7. The monoisotopic (exact) mass is 242 g/mol. The van der Waals surface area contributed by atoms with Gasteiger partial charge in [0, 0.05) is 23.0 Å². The van der Waals surface area contributed by atoms with Crippen LogP contribution in [0.4, 0.5) is 0 Å². The van der Waals surface area contributed by atoms with Crippen molar-refractivity contribution in [1.82, 2.24) is 4.98 Å². The second-order valence-electron chi connectivity index (χ2n) is 5.50. The molecule has 0 saturated heterocycles. The zero-order chi connectivity index (χ0) is 13.3. The van der Waals surface area contributed by atoms with Crippen molar-refractivity contribution < 1.29 is 0 Å². The summed E-state index contributed by atoms with van der Waals surface area (Å²) in [6.07, 6.45) is 0. The lowest BCUT2D eigenvalue weighted by Gasteiger charge is -2.26. The predicted octanol–water partition coefficient (Wildman–Crippen LogP) is 3.63. The molecule has 96 valence electrons. The SMILES string of the molecule is Cc1cc(C(C(C)C)C(C)N)c2ccccc2n1. The van der Waals surface area contributed by atoms with Crippen LogP contribution < -0.4 is 5.73 Å². The Morgan fingerprint density at radius 1 is 1.11 bits per heavy atom. The normalized spacial score (nSPS) is 15.0. The van der Waals surface area contributed by atoms with Crippen LogP contribution in [0.25, 0.3) is 10.9 Å². The van der Waals surface area contributed by atoms with Gasteiger partial charge in [-0.05, 0) is 37.5 Å². The van der Waals surface area contributed by atoms with Crippen LogP contribution in [0, 0.1) is 12.8 Å². The van der Waals surface area contributed by atoms with Gasteiger partial charge >= 0.3 is 0 Å². The number of nitrogens with zero attached hydrogens (tertiary/aromatic N) is 1. The van der Waals surface area contributed by atoms with E-state index in [1.807, 2.05) is 6.07 Å². The summed E-state index contributed by atoms with van der Waals surface area (Å²) in [5.41, 5.74) is 9.66. The van der Waals surface area contributed by atoms with Crippen LogP contribution in [0.5, 0.6) is 0 Å². The molecule has 1 aromatic heterocycles. The Morgan fingerprint density at radius 3 is 2.39 bits per heavy atom. The van der Waals surface area contributed by atoms with Crippen molar-refractivity contribution in [1.29, 1.82) is 0 Å². The van der Waals surface area contributed by atoms with Crippen LogP contribution in [0.2, 0.25) is 0 Å². The summed E-state index contributed by atoms with van der Waals surface area (Å²) >= 11 is 0. The smallest absolute Gasteiger partial charge is 0.0708 e. The van der Waals surface area contributed by atoms with Gasteiger partial charge in [-0.3, -0.25) is 4.98 Å². The number of hydrogen-bond donors (Lipinski definition) is 1. The highest BCUT2D eigenvalue weighted by molar-refractivity contribution is 5.83. The topological polar surface area (TPSA) is 38.9 Å². The lowest BCUT2D eigenvalue weighted by Crippen LogP contribution is -2.28. The molecule has 0 radical (unpaired) electrons. The van der Waals surface area contributed by atoms with Gasteiger partial charge in [-0.2, -0.15) is 0 Å². The van der Waals surface area contributed by atoms with E-state index in [1.54, 1.807) is 0 Å². The maximum Gasteiger partial charge on any atom is 0.0708 e. The molecule has 0 aliphatic rings. The van der Waals surface area contributed by atoms with E-state index in [-0.39, 0.29) is 6.04 Å². The third-order valence-corrected chi connectivity index (χ3v) is 3.52. The second kappa shape index (κ2) is 5.07. The van der Waals surface area contributed by atoms with Crippen LogP contribution in [-0.4, -0.2) is 11.0 Å². The molecule has 2 atom stereocenters. The standard InChI is InChI=1S/C16H22N2/c1-10(2)16(12(4)17)14-9-11(3)18-15-8-6-5-7-13(14)15/h5-10,12,16H,17H2,1-4H3. The van der Waals surface area contributed by atoms with Crippen molar-refractivity contribution in [2.24, 2.45) is 11.7 Å². The molecule has 2 aromatic rings. The minimum Gasteiger partial charge on any atom is -0.327 e. The molecule has 18 heavy (non-hydrogen) atoms. The molecular formula is C16H22N2. The molecule has 0 bridgehead atoms. The average molecular weight is 242 g/mol. The third-order valence-electron chi connectivity index (χ3n) is 3.52. The molecule has 2 rings (SSSR count). The molecular weight excluding hydrogens is 220 g/mol. The summed E-state index contributed by atoms with van der Waals surface area (Å²) in [7, 11) is 0. The van der Waals surface area contributed by atoms with Gasteiger partial charge in [0.05, 0.1) is 5.52 Å². The third kappa shape index (κ3) is 2.39. The lowest BCUT2D eigenvalue weighted by atomic mass is 9.82. The van der Waals surface area contributed by atoms with Gasteiger partial charge in [0.25, 0.3) is 0 Å². The maximum atomic E-state index is 6.19. The van der Waals surface area contributed by atoms with Gasteiger partial charge < -0.3 is 5.73 Å². The average Bonchev–Trinajstić information content (AvgIpc) is 2.27. The number of hydrogen-bond acceptors (Lipinski definition) is 2. The second-order valence-corrected chi connectivity index (χ2v) is 5.50. The number of para-hydroxylation sites is 1. The number of pyridine rings is 1. The van der Waals surface area contributed by atoms with E-state index in [0.717, 1.165) is 11.2 Å². The van der Waals surface area contributed by atoms with Gasteiger partial charge in [0.2, 0.25) is 0 Å². The largest absolute Gasteiger partial charge is 0.327 e. The summed E-state index contributed by atoms with van der Waals surface area (Å²) in [6.45, 7) is 8.61. The van der Waals surface area contributed by atoms with Crippen molar-refractivity contribution in [2.45, 2.75) is 39.7 Å². The number of rotatable bonds is 3. The highest BCUT2D eigenvalue weighted by Crippen LogP contribution is 2.32. The molecule has 0 fully saturated rings. The fourth-order valence-electron chi connectivity index (χ4n) is 2.87. The molecule has 0 aliphatic carbocycles. The number of nitrogens with two attached hydrogens (primary N) is 1. The van der Waals surface area contributed by atoms with Crippen molar-refractivity contribution in [2.75, 3.05) is 0 Å². The Kier molecular flexibility index (Phi) is 3.67. The maximum absolute atomic E-state index is 6.19. The van der Waals surface area contributed by atoms with E-state index < -0.39 is 0 Å². The van der Waals surface area contributed by atoms with Gasteiger partial charge in [0.15, 0.2) is 0 Å². The van der Waals surface area contributed by atoms with E-state index in [2.05, 4.69) is 56.9 Å². The molecule has 2 nitrogen and oxygen atoms in total. The van der Waals surface area contributed by atoms with Crippen LogP contribution in [0.15, 0.2) is 30.3 Å². The zero-order valence-electron chi connectivity index (χ0n) is 11.6. The zero-order valence-corrected chi connectivity index (χ0v) is 11.6. The van der Waals surface area contributed by atoms with E-state index in [9.17, 15) is 0 Å². The van der Waals surface area contributed by atoms with Crippen molar-refractivity contribution in [3.05, 3.63) is 41.6 Å². The Morgan fingerprint density at radius 2 is 1.78 bits per heavy atom. The van der Waals surface area contributed by atoms with Crippen LogP contribution in [-0.2, 0) is 0 Å². The van der Waals surface area contributed by atoms with Gasteiger partial charge in [0.1, 0.15) is 0 Å². The Balaban J connectivity index is 2.68. The van der Waals surface area contributed by atoms with Crippen LogP contribution >= 0.6 is 0 Å². The number of aromatic nitrogens is 1. The van der Waals surface area contributed by atoms with E-state index in [1.165, 1.54) is 10.9 Å². The summed E-state index contributed by atoms with van der Waals surface area (Å²) in [5.74, 6) is 0.895. The lowest BCUT2D eigenvalue weighted by molar-refractivity contribution is 0.438. The highest BCUT2D eigenvalue weighted by atomic mass is 14.7. The van der Waals surface area contributed by atoms with Crippen LogP contribution in [0.1, 0.15) is 37.9 Å². The predicted molar refractivity (Wildman–Crippen MR) is 77.7 cm³/mol. The first-order valence-corrected chi connectivity index (χ1v) is 6.62. The first-order chi connectivity index (χ1) is 8.50. The van der Waals surface area contributed by atoms with E-state index in [0.29, 0.717) is 11.8 Å². The van der Waals surface area contributed by atoms with Crippen LogP contribution in [0.3, 0.4) is 0 Å².